The van der Waals surface area contributed by atoms with Crippen LogP contribution in [-0.4, -0.2) is 23.6 Å². The van der Waals surface area contributed by atoms with E-state index in [9.17, 15) is 5.11 Å². The molecule has 2 N–H and O–H groups in total. The van der Waals surface area contributed by atoms with Crippen LogP contribution in [0, 0.1) is 10.5 Å². The van der Waals surface area contributed by atoms with Crippen LogP contribution in [0.2, 0.25) is 0 Å². The van der Waals surface area contributed by atoms with E-state index in [-0.39, 0.29) is 5.88 Å². The molecule has 4 heteroatoms. The Morgan fingerprint density at radius 2 is 2.29 bits per heavy atom. The first-order chi connectivity index (χ1) is 6.63. The van der Waals surface area contributed by atoms with E-state index in [4.69, 9.17) is 11.6 Å². The topological polar surface area (TPSA) is 32.3 Å². The molecule has 14 heavy (non-hydrogen) atoms. The van der Waals surface area contributed by atoms with Crippen LogP contribution in [0.3, 0.4) is 0 Å². The lowest BCUT2D eigenvalue weighted by Crippen LogP contribution is -2.20. The molecule has 0 heterocycles. The number of aliphatic hydroxyl groups excluding tert-OH is 1. The monoisotopic (exact) mass is 325 g/mol. The summed E-state index contributed by atoms with van der Waals surface area (Å²) < 4.78 is 1.24. The number of benzene rings is 1. The number of rotatable bonds is 4. The first-order valence-corrected chi connectivity index (χ1v) is 5.99. The van der Waals surface area contributed by atoms with E-state index in [0.29, 0.717) is 6.54 Å². The zero-order valence-corrected chi connectivity index (χ0v) is 10.8. The molecule has 0 aromatic heterocycles. The molecule has 1 aromatic carbocycles. The van der Waals surface area contributed by atoms with Crippen LogP contribution >= 0.6 is 34.2 Å². The van der Waals surface area contributed by atoms with Gasteiger partial charge in [0.05, 0.1) is 12.0 Å². The number of aryl methyl sites for hydroxylation is 1. The molecule has 0 aliphatic heterocycles. The Bertz CT molecular complexity index is 306. The summed E-state index contributed by atoms with van der Waals surface area (Å²) in [7, 11) is 0. The number of alkyl halides is 1. The molecular weight excluding hydrogens is 312 g/mol. The van der Waals surface area contributed by atoms with Crippen molar-refractivity contribution >= 4 is 39.9 Å². The molecule has 0 radical (unpaired) electrons. The van der Waals surface area contributed by atoms with Crippen LogP contribution in [0.25, 0.3) is 0 Å². The highest BCUT2D eigenvalue weighted by molar-refractivity contribution is 14.1. The van der Waals surface area contributed by atoms with Gasteiger partial charge in [-0.1, -0.05) is 0 Å². The maximum atomic E-state index is 9.25. The molecule has 0 fully saturated rings. The van der Waals surface area contributed by atoms with E-state index < -0.39 is 6.10 Å². The van der Waals surface area contributed by atoms with E-state index in [1.807, 2.05) is 12.1 Å². The second kappa shape index (κ2) is 5.78. The third-order valence-electron chi connectivity index (χ3n) is 1.88. The van der Waals surface area contributed by atoms with Crippen molar-refractivity contribution < 1.29 is 5.11 Å². The smallest absolute Gasteiger partial charge is 0.0847 e. The Morgan fingerprint density at radius 3 is 2.86 bits per heavy atom. The van der Waals surface area contributed by atoms with Crippen molar-refractivity contribution in [2.24, 2.45) is 0 Å². The lowest BCUT2D eigenvalue weighted by molar-refractivity contribution is 0.211. The van der Waals surface area contributed by atoms with E-state index in [0.717, 1.165) is 5.69 Å². The molecule has 2 nitrogen and oxygen atoms in total. The van der Waals surface area contributed by atoms with Crippen molar-refractivity contribution in [2.45, 2.75) is 13.0 Å². The van der Waals surface area contributed by atoms with E-state index >= 15 is 0 Å². The lowest BCUT2D eigenvalue weighted by Gasteiger charge is -2.10. The average Bonchev–Trinajstić information content (AvgIpc) is 2.19. The van der Waals surface area contributed by atoms with Gasteiger partial charge in [0, 0.05) is 15.8 Å². The molecule has 78 valence electrons. The Hall–Kier alpha value is -0.000000000000000111. The van der Waals surface area contributed by atoms with Crippen molar-refractivity contribution in [1.82, 2.24) is 0 Å². The quantitative estimate of drug-likeness (QED) is 0.659. The second-order valence-electron chi connectivity index (χ2n) is 3.15. The van der Waals surface area contributed by atoms with Gasteiger partial charge in [-0.15, -0.1) is 11.6 Å². The maximum Gasteiger partial charge on any atom is 0.0847 e. The van der Waals surface area contributed by atoms with E-state index in [1.165, 1.54) is 9.13 Å². The SMILES string of the molecule is Cc1cc(NCC(O)CCl)ccc1I. The highest BCUT2D eigenvalue weighted by atomic mass is 127. The van der Waals surface area contributed by atoms with Crippen molar-refractivity contribution in [3.8, 4) is 0 Å². The zero-order valence-electron chi connectivity index (χ0n) is 7.93. The van der Waals surface area contributed by atoms with Crippen LogP contribution in [0.15, 0.2) is 18.2 Å². The first kappa shape index (κ1) is 12.1. The van der Waals surface area contributed by atoms with Gasteiger partial charge >= 0.3 is 0 Å². The highest BCUT2D eigenvalue weighted by Gasteiger charge is 2.01. The maximum absolute atomic E-state index is 9.25. The summed E-state index contributed by atoms with van der Waals surface area (Å²) in [6.07, 6.45) is -0.490. The molecule has 1 aromatic rings. The van der Waals surface area contributed by atoms with Crippen molar-refractivity contribution in [3.63, 3.8) is 0 Å². The van der Waals surface area contributed by atoms with Gasteiger partial charge in [-0.25, -0.2) is 0 Å². The van der Waals surface area contributed by atoms with Gasteiger partial charge in [0.25, 0.3) is 0 Å². The van der Waals surface area contributed by atoms with Crippen LogP contribution in [-0.2, 0) is 0 Å². The predicted molar refractivity (Wildman–Crippen MR) is 69.1 cm³/mol. The van der Waals surface area contributed by atoms with Crippen molar-refractivity contribution in [1.29, 1.82) is 0 Å². The molecule has 0 amide bonds. The Balaban J connectivity index is 2.55. The number of hydrogen-bond donors (Lipinski definition) is 2. The summed E-state index contributed by atoms with van der Waals surface area (Å²) in [5.41, 5.74) is 2.25. The van der Waals surface area contributed by atoms with E-state index in [2.05, 4.69) is 40.9 Å². The molecule has 0 bridgehead atoms. The summed E-state index contributed by atoms with van der Waals surface area (Å²) >= 11 is 7.78. The lowest BCUT2D eigenvalue weighted by atomic mass is 10.2. The van der Waals surface area contributed by atoms with Crippen LogP contribution in [0.4, 0.5) is 5.69 Å². The fourth-order valence-corrected chi connectivity index (χ4v) is 1.49. The Labute approximate surface area is 103 Å². The van der Waals surface area contributed by atoms with E-state index in [1.54, 1.807) is 0 Å². The predicted octanol–water partition coefficient (Wildman–Crippen LogP) is 2.61. The Kier molecular flexibility index (Phi) is 4.98. The highest BCUT2D eigenvalue weighted by Crippen LogP contribution is 2.16. The third-order valence-corrected chi connectivity index (χ3v) is 3.44. The average molecular weight is 326 g/mol. The molecule has 1 unspecified atom stereocenters. The molecule has 0 aliphatic rings. The zero-order chi connectivity index (χ0) is 10.6. The van der Waals surface area contributed by atoms with Gasteiger partial charge in [-0.2, -0.15) is 0 Å². The summed E-state index contributed by atoms with van der Waals surface area (Å²) in [6.45, 7) is 2.55. The minimum Gasteiger partial charge on any atom is -0.390 e. The number of hydrogen-bond acceptors (Lipinski definition) is 2. The standard InChI is InChI=1S/C10H13ClINO/c1-7-4-8(2-3-10(7)12)13-6-9(14)5-11/h2-4,9,13-14H,5-6H2,1H3. The van der Waals surface area contributed by atoms with Gasteiger partial charge in [0.15, 0.2) is 0 Å². The van der Waals surface area contributed by atoms with Crippen LogP contribution < -0.4 is 5.32 Å². The minimum absolute atomic E-state index is 0.260. The fourth-order valence-electron chi connectivity index (χ4n) is 1.04. The summed E-state index contributed by atoms with van der Waals surface area (Å²) in [5, 5.41) is 12.4. The molecule has 0 spiro atoms. The Morgan fingerprint density at radius 1 is 1.57 bits per heavy atom. The van der Waals surface area contributed by atoms with Gasteiger partial charge in [0.2, 0.25) is 0 Å². The minimum atomic E-state index is -0.490. The van der Waals surface area contributed by atoms with Gasteiger partial charge in [0.1, 0.15) is 0 Å². The summed E-state index contributed by atoms with van der Waals surface area (Å²) in [5.74, 6) is 0.260. The molecule has 0 aliphatic carbocycles. The molecule has 1 rings (SSSR count). The van der Waals surface area contributed by atoms with Gasteiger partial charge in [-0.05, 0) is 53.3 Å². The second-order valence-corrected chi connectivity index (χ2v) is 4.62. The molecule has 0 saturated heterocycles. The number of anilines is 1. The van der Waals surface area contributed by atoms with Crippen LogP contribution in [0.5, 0.6) is 0 Å². The molecular formula is C10H13ClINO. The fraction of sp³-hybridized carbons (Fsp3) is 0.400. The number of nitrogens with one attached hydrogen (secondary N) is 1. The van der Waals surface area contributed by atoms with Crippen molar-refractivity contribution in [3.05, 3.63) is 27.3 Å². The molecule has 0 saturated carbocycles. The summed E-state index contributed by atoms with van der Waals surface area (Å²) in [4.78, 5) is 0. The molecule has 1 atom stereocenters. The number of halogens is 2. The third kappa shape index (κ3) is 3.63. The largest absolute Gasteiger partial charge is 0.390 e. The first-order valence-electron chi connectivity index (χ1n) is 4.37. The normalized spacial score (nSPS) is 12.6. The van der Waals surface area contributed by atoms with Crippen molar-refractivity contribution in [2.75, 3.05) is 17.7 Å². The van der Waals surface area contributed by atoms with Gasteiger partial charge in [-0.3, -0.25) is 0 Å². The van der Waals surface area contributed by atoms with Crippen LogP contribution in [0.1, 0.15) is 5.56 Å². The number of aliphatic hydroxyl groups is 1. The van der Waals surface area contributed by atoms with Gasteiger partial charge < -0.3 is 10.4 Å². The summed E-state index contributed by atoms with van der Waals surface area (Å²) in [6, 6.07) is 6.10.